The van der Waals surface area contributed by atoms with Crippen molar-refractivity contribution in [2.24, 2.45) is 11.8 Å². The zero-order chi connectivity index (χ0) is 13.9. The van der Waals surface area contributed by atoms with Crippen LogP contribution >= 0.6 is 0 Å². The summed E-state index contributed by atoms with van der Waals surface area (Å²) in [6.07, 6.45) is 8.69. The van der Waals surface area contributed by atoms with Crippen molar-refractivity contribution in [1.82, 2.24) is 4.98 Å². The van der Waals surface area contributed by atoms with Crippen LogP contribution in [0.15, 0.2) is 6.07 Å². The molecule has 2 atom stereocenters. The first kappa shape index (κ1) is 13.4. The first-order valence-corrected chi connectivity index (χ1v) is 7.94. The lowest BCUT2D eigenvalue weighted by Crippen LogP contribution is -2.25. The van der Waals surface area contributed by atoms with Gasteiger partial charge >= 0.3 is 0 Å². The second-order valence-electron chi connectivity index (χ2n) is 6.36. The molecule has 1 saturated carbocycles. The lowest BCUT2D eigenvalue weighted by Gasteiger charge is -2.29. The van der Waals surface area contributed by atoms with Crippen LogP contribution in [-0.4, -0.2) is 11.5 Å². The highest BCUT2D eigenvalue weighted by Crippen LogP contribution is 2.30. The maximum Gasteiger partial charge on any atom is 0.144 e. The second kappa shape index (κ2) is 5.83. The van der Waals surface area contributed by atoms with Crippen LogP contribution in [0.2, 0.25) is 0 Å². The number of rotatable bonds is 3. The number of anilines is 1. The Labute approximate surface area is 121 Å². The van der Waals surface area contributed by atoms with E-state index < -0.39 is 0 Å². The Kier molecular flexibility index (Phi) is 3.91. The predicted molar refractivity (Wildman–Crippen MR) is 80.6 cm³/mol. The van der Waals surface area contributed by atoms with Crippen molar-refractivity contribution < 1.29 is 0 Å². The molecule has 1 fully saturated rings. The average molecular weight is 269 g/mol. The zero-order valence-corrected chi connectivity index (χ0v) is 12.3. The van der Waals surface area contributed by atoms with Crippen molar-refractivity contribution in [3.63, 3.8) is 0 Å². The lowest BCUT2D eigenvalue weighted by molar-refractivity contribution is 0.268. The molecule has 0 bridgehead atoms. The quantitative estimate of drug-likeness (QED) is 0.910. The Balaban J connectivity index is 1.72. The molecule has 106 valence electrons. The smallest absolute Gasteiger partial charge is 0.144 e. The van der Waals surface area contributed by atoms with E-state index >= 15 is 0 Å². The molecule has 0 amide bonds. The third kappa shape index (κ3) is 2.65. The first-order valence-electron chi connectivity index (χ1n) is 7.94. The third-order valence-electron chi connectivity index (χ3n) is 4.99. The summed E-state index contributed by atoms with van der Waals surface area (Å²) in [4.78, 5) is 4.70. The van der Waals surface area contributed by atoms with Gasteiger partial charge in [0, 0.05) is 12.2 Å². The van der Waals surface area contributed by atoms with Crippen LogP contribution in [0.3, 0.4) is 0 Å². The Morgan fingerprint density at radius 3 is 2.95 bits per heavy atom. The molecule has 1 heterocycles. The van der Waals surface area contributed by atoms with Crippen LogP contribution in [0, 0.1) is 23.2 Å². The third-order valence-corrected chi connectivity index (χ3v) is 4.99. The monoisotopic (exact) mass is 269 g/mol. The van der Waals surface area contributed by atoms with Crippen molar-refractivity contribution in [2.45, 2.75) is 51.9 Å². The van der Waals surface area contributed by atoms with Crippen molar-refractivity contribution in [3.05, 3.63) is 22.9 Å². The molecule has 0 radical (unpaired) electrons. The number of aryl methyl sites for hydroxylation is 2. The van der Waals surface area contributed by atoms with Gasteiger partial charge in [-0.2, -0.15) is 5.26 Å². The molecule has 3 nitrogen and oxygen atoms in total. The van der Waals surface area contributed by atoms with Gasteiger partial charge in [-0.05, 0) is 49.1 Å². The highest BCUT2D eigenvalue weighted by molar-refractivity contribution is 5.55. The van der Waals surface area contributed by atoms with Gasteiger partial charge in [-0.1, -0.05) is 26.2 Å². The van der Waals surface area contributed by atoms with E-state index in [1.807, 2.05) is 6.07 Å². The van der Waals surface area contributed by atoms with Crippen LogP contribution < -0.4 is 5.32 Å². The fourth-order valence-electron chi connectivity index (χ4n) is 3.62. The van der Waals surface area contributed by atoms with Crippen molar-refractivity contribution in [1.29, 1.82) is 5.26 Å². The number of nitrogens with one attached hydrogen (secondary N) is 1. The number of aromatic nitrogens is 1. The molecular weight excluding hydrogens is 246 g/mol. The summed E-state index contributed by atoms with van der Waals surface area (Å²) in [6.45, 7) is 3.31. The molecule has 2 aliphatic rings. The number of hydrogen-bond donors (Lipinski definition) is 1. The molecule has 20 heavy (non-hydrogen) atoms. The minimum absolute atomic E-state index is 0.717. The van der Waals surface area contributed by atoms with Gasteiger partial charge in [0.25, 0.3) is 0 Å². The fourth-order valence-corrected chi connectivity index (χ4v) is 3.62. The molecule has 0 aliphatic heterocycles. The van der Waals surface area contributed by atoms with Crippen molar-refractivity contribution in [3.8, 4) is 6.07 Å². The first-order chi connectivity index (χ1) is 9.78. The largest absolute Gasteiger partial charge is 0.369 e. The molecule has 1 aromatic rings. The van der Waals surface area contributed by atoms with Gasteiger partial charge in [0.1, 0.15) is 11.9 Å². The number of nitriles is 1. The van der Waals surface area contributed by atoms with Gasteiger partial charge in [0.15, 0.2) is 0 Å². The van der Waals surface area contributed by atoms with Crippen molar-refractivity contribution >= 4 is 5.82 Å². The van der Waals surface area contributed by atoms with E-state index in [4.69, 9.17) is 4.98 Å². The van der Waals surface area contributed by atoms with Gasteiger partial charge < -0.3 is 5.32 Å². The van der Waals surface area contributed by atoms with E-state index in [1.165, 1.54) is 43.4 Å². The summed E-state index contributed by atoms with van der Waals surface area (Å²) in [7, 11) is 0. The zero-order valence-electron chi connectivity index (χ0n) is 12.3. The van der Waals surface area contributed by atoms with Crippen LogP contribution in [0.25, 0.3) is 0 Å². The van der Waals surface area contributed by atoms with Gasteiger partial charge in [-0.15, -0.1) is 0 Å². The van der Waals surface area contributed by atoms with E-state index in [2.05, 4.69) is 18.3 Å². The standard InChI is InChI=1S/C17H23N3/c1-12-5-2-3-6-14(12)11-19-17-15(10-18)9-13-7-4-8-16(13)20-17/h9,12,14H,2-8,11H2,1H3,(H,19,20). The van der Waals surface area contributed by atoms with Crippen molar-refractivity contribution in [2.75, 3.05) is 11.9 Å². The van der Waals surface area contributed by atoms with E-state index in [9.17, 15) is 5.26 Å². The van der Waals surface area contributed by atoms with Crippen LogP contribution in [-0.2, 0) is 12.8 Å². The predicted octanol–water partition coefficient (Wildman–Crippen LogP) is 3.68. The van der Waals surface area contributed by atoms with E-state index in [0.29, 0.717) is 5.56 Å². The normalized spacial score (nSPS) is 25.0. The fraction of sp³-hybridized carbons (Fsp3) is 0.647. The second-order valence-corrected chi connectivity index (χ2v) is 6.36. The topological polar surface area (TPSA) is 48.7 Å². The van der Waals surface area contributed by atoms with Gasteiger partial charge in [-0.25, -0.2) is 4.98 Å². The molecule has 0 aromatic carbocycles. The lowest BCUT2D eigenvalue weighted by atomic mass is 9.80. The molecule has 2 aliphatic carbocycles. The summed E-state index contributed by atoms with van der Waals surface area (Å²) in [5.41, 5.74) is 3.19. The summed E-state index contributed by atoms with van der Waals surface area (Å²) < 4.78 is 0. The minimum Gasteiger partial charge on any atom is -0.369 e. The minimum atomic E-state index is 0.717. The van der Waals surface area contributed by atoms with E-state index in [0.717, 1.165) is 37.0 Å². The Morgan fingerprint density at radius 1 is 1.30 bits per heavy atom. The molecule has 3 heteroatoms. The summed E-state index contributed by atoms with van der Waals surface area (Å²) in [5, 5.41) is 12.8. The molecule has 0 saturated heterocycles. The molecular formula is C17H23N3. The Morgan fingerprint density at radius 2 is 2.15 bits per heavy atom. The summed E-state index contributed by atoms with van der Waals surface area (Å²) >= 11 is 0. The maximum absolute atomic E-state index is 9.31. The summed E-state index contributed by atoms with van der Waals surface area (Å²) in [6, 6.07) is 4.34. The molecule has 1 aromatic heterocycles. The number of fused-ring (bicyclic) bond motifs is 1. The maximum atomic E-state index is 9.31. The number of pyridine rings is 1. The Hall–Kier alpha value is -1.56. The number of nitrogens with zero attached hydrogens (tertiary/aromatic N) is 2. The molecule has 2 unspecified atom stereocenters. The highest BCUT2D eigenvalue weighted by Gasteiger charge is 2.22. The molecule has 3 rings (SSSR count). The summed E-state index contributed by atoms with van der Waals surface area (Å²) in [5.74, 6) is 2.33. The van der Waals surface area contributed by atoms with Crippen LogP contribution in [0.1, 0.15) is 55.8 Å². The highest BCUT2D eigenvalue weighted by atomic mass is 15.0. The molecule has 0 spiro atoms. The van der Waals surface area contributed by atoms with E-state index in [1.54, 1.807) is 0 Å². The van der Waals surface area contributed by atoms with Crippen LogP contribution in [0.5, 0.6) is 0 Å². The average Bonchev–Trinajstić information content (AvgIpc) is 2.92. The SMILES string of the molecule is CC1CCCCC1CNc1nc2c(cc1C#N)CCC2. The van der Waals surface area contributed by atoms with Gasteiger partial charge in [0.2, 0.25) is 0 Å². The van der Waals surface area contributed by atoms with Gasteiger partial charge in [-0.3, -0.25) is 0 Å². The van der Waals surface area contributed by atoms with Crippen LogP contribution in [0.4, 0.5) is 5.82 Å². The van der Waals surface area contributed by atoms with E-state index in [-0.39, 0.29) is 0 Å². The molecule has 1 N–H and O–H groups in total. The Bertz CT molecular complexity index is 530. The number of hydrogen-bond acceptors (Lipinski definition) is 3. The van der Waals surface area contributed by atoms with Gasteiger partial charge in [0.05, 0.1) is 5.56 Å².